The van der Waals surface area contributed by atoms with Crippen LogP contribution in [0.3, 0.4) is 0 Å². The van der Waals surface area contributed by atoms with Gasteiger partial charge in [-0.3, -0.25) is 9.59 Å². The third-order valence-electron chi connectivity index (χ3n) is 4.26. The van der Waals surface area contributed by atoms with E-state index < -0.39 is 0 Å². The Bertz CT molecular complexity index is 576. The Morgan fingerprint density at radius 1 is 1.08 bits per heavy atom. The molecule has 0 aromatic heterocycles. The van der Waals surface area contributed by atoms with Crippen LogP contribution in [0.15, 0.2) is 30.3 Å². The van der Waals surface area contributed by atoms with Gasteiger partial charge in [-0.25, -0.2) is 0 Å². The summed E-state index contributed by atoms with van der Waals surface area (Å²) < 4.78 is 4.96. The zero-order valence-electron chi connectivity index (χ0n) is 16.7. The van der Waals surface area contributed by atoms with E-state index in [1.165, 1.54) is 5.56 Å². The second-order valence-electron chi connectivity index (χ2n) is 6.74. The minimum Gasteiger partial charge on any atom is -0.466 e. The molecule has 1 rings (SSSR count). The third-order valence-corrected chi connectivity index (χ3v) is 4.26. The van der Waals surface area contributed by atoms with Crippen LogP contribution in [0, 0.1) is 0 Å². The maximum atomic E-state index is 12.5. The van der Waals surface area contributed by atoms with Crippen molar-refractivity contribution in [3.05, 3.63) is 41.5 Å². The highest BCUT2D eigenvalue weighted by Gasteiger charge is 2.13. The molecule has 0 unspecified atom stereocenters. The van der Waals surface area contributed by atoms with Gasteiger partial charge in [0.15, 0.2) is 0 Å². The molecule has 0 aliphatic heterocycles. The Hall–Kier alpha value is -2.10. The first kappa shape index (κ1) is 21.9. The number of amides is 1. The molecule has 0 atom stereocenters. The van der Waals surface area contributed by atoms with Crippen molar-refractivity contribution < 1.29 is 14.3 Å². The molecule has 144 valence electrons. The molecule has 0 heterocycles. The van der Waals surface area contributed by atoms with E-state index in [9.17, 15) is 9.59 Å². The van der Waals surface area contributed by atoms with Gasteiger partial charge >= 0.3 is 5.97 Å². The van der Waals surface area contributed by atoms with Crippen molar-refractivity contribution in [1.82, 2.24) is 4.90 Å². The SMILES string of the molecule is CCCCCN(CCC(=O)OCC)C(=O)/C=C/c1ccc(C(C)C)cc1. The van der Waals surface area contributed by atoms with Gasteiger partial charge in [0.05, 0.1) is 13.0 Å². The Balaban J connectivity index is 2.68. The average molecular weight is 360 g/mol. The predicted octanol–water partition coefficient (Wildman–Crippen LogP) is 4.80. The molecule has 1 aromatic carbocycles. The summed E-state index contributed by atoms with van der Waals surface area (Å²) in [5.74, 6) is 0.180. The number of esters is 1. The second-order valence-corrected chi connectivity index (χ2v) is 6.74. The lowest BCUT2D eigenvalue weighted by Gasteiger charge is -2.20. The lowest BCUT2D eigenvalue weighted by atomic mass is 10.0. The standard InChI is InChI=1S/C22H33NO3/c1-5-7-8-16-23(17-15-22(25)26-6-2)21(24)14-11-19-9-12-20(13-10-19)18(3)4/h9-14,18H,5-8,15-17H2,1-4H3/b14-11+. The van der Waals surface area contributed by atoms with Gasteiger partial charge < -0.3 is 9.64 Å². The molecule has 0 fully saturated rings. The summed E-state index contributed by atoms with van der Waals surface area (Å²) in [6, 6.07) is 8.24. The van der Waals surface area contributed by atoms with Crippen molar-refractivity contribution in [2.45, 2.75) is 59.3 Å². The summed E-state index contributed by atoms with van der Waals surface area (Å²) in [7, 11) is 0. The van der Waals surface area contributed by atoms with Crippen LogP contribution in [0.25, 0.3) is 6.08 Å². The Morgan fingerprint density at radius 3 is 2.35 bits per heavy atom. The quantitative estimate of drug-likeness (QED) is 0.324. The van der Waals surface area contributed by atoms with Crippen LogP contribution >= 0.6 is 0 Å². The van der Waals surface area contributed by atoms with Crippen LogP contribution in [-0.4, -0.2) is 36.5 Å². The van der Waals surface area contributed by atoms with Gasteiger partial charge in [0, 0.05) is 19.2 Å². The number of benzene rings is 1. The van der Waals surface area contributed by atoms with E-state index in [1.807, 2.05) is 18.2 Å². The summed E-state index contributed by atoms with van der Waals surface area (Å²) in [6.07, 6.45) is 6.79. The second kappa shape index (κ2) is 12.3. The topological polar surface area (TPSA) is 46.6 Å². The summed E-state index contributed by atoms with van der Waals surface area (Å²) in [4.78, 5) is 25.9. The van der Waals surface area contributed by atoms with E-state index in [0.717, 1.165) is 24.8 Å². The molecule has 0 spiro atoms. The first-order chi connectivity index (χ1) is 12.5. The van der Waals surface area contributed by atoms with E-state index in [4.69, 9.17) is 4.74 Å². The van der Waals surface area contributed by atoms with E-state index >= 15 is 0 Å². The van der Waals surface area contributed by atoms with Gasteiger partial charge in [-0.05, 0) is 36.5 Å². The monoisotopic (exact) mass is 359 g/mol. The fraction of sp³-hybridized carbons (Fsp3) is 0.545. The van der Waals surface area contributed by atoms with Crippen molar-refractivity contribution >= 4 is 18.0 Å². The first-order valence-electron chi connectivity index (χ1n) is 9.70. The average Bonchev–Trinajstić information content (AvgIpc) is 2.63. The highest BCUT2D eigenvalue weighted by molar-refractivity contribution is 5.92. The maximum absolute atomic E-state index is 12.5. The Morgan fingerprint density at radius 2 is 1.77 bits per heavy atom. The molecule has 4 nitrogen and oxygen atoms in total. The minimum atomic E-state index is -0.256. The van der Waals surface area contributed by atoms with Crippen LogP contribution in [0.5, 0.6) is 0 Å². The predicted molar refractivity (Wildman–Crippen MR) is 107 cm³/mol. The highest BCUT2D eigenvalue weighted by atomic mass is 16.5. The Kier molecular flexibility index (Phi) is 10.4. The van der Waals surface area contributed by atoms with Crippen molar-refractivity contribution in [3.8, 4) is 0 Å². The Labute approximate surface area is 158 Å². The minimum absolute atomic E-state index is 0.0571. The van der Waals surface area contributed by atoms with Gasteiger partial charge in [-0.15, -0.1) is 0 Å². The molecule has 0 N–H and O–H groups in total. The molecule has 26 heavy (non-hydrogen) atoms. The number of carbonyl (C=O) groups is 2. The molecule has 1 amide bonds. The first-order valence-corrected chi connectivity index (χ1v) is 9.70. The fourth-order valence-corrected chi connectivity index (χ4v) is 2.61. The number of hydrogen-bond acceptors (Lipinski definition) is 3. The summed E-state index contributed by atoms with van der Waals surface area (Å²) in [5, 5.41) is 0. The third kappa shape index (κ3) is 8.32. The molecule has 0 aliphatic rings. The number of rotatable bonds is 11. The molecule has 1 aromatic rings. The van der Waals surface area contributed by atoms with Gasteiger partial charge in [0.25, 0.3) is 0 Å². The van der Waals surface area contributed by atoms with Crippen LogP contribution < -0.4 is 0 Å². The van der Waals surface area contributed by atoms with E-state index in [0.29, 0.717) is 25.6 Å². The van der Waals surface area contributed by atoms with Crippen LogP contribution in [0.2, 0.25) is 0 Å². The molecule has 0 aliphatic carbocycles. The molecule has 0 bridgehead atoms. The molecular weight excluding hydrogens is 326 g/mol. The molecule has 0 saturated heterocycles. The van der Waals surface area contributed by atoms with Gasteiger partial charge in [0.1, 0.15) is 0 Å². The smallest absolute Gasteiger partial charge is 0.307 e. The number of ether oxygens (including phenoxy) is 1. The van der Waals surface area contributed by atoms with E-state index in [2.05, 4.69) is 32.9 Å². The van der Waals surface area contributed by atoms with Gasteiger partial charge in [-0.1, -0.05) is 57.9 Å². The van der Waals surface area contributed by atoms with Crippen molar-refractivity contribution in [2.75, 3.05) is 19.7 Å². The molecule has 0 radical (unpaired) electrons. The zero-order valence-corrected chi connectivity index (χ0v) is 16.7. The molecule has 4 heteroatoms. The lowest BCUT2D eigenvalue weighted by molar-refractivity contribution is -0.143. The fourth-order valence-electron chi connectivity index (χ4n) is 2.61. The summed E-state index contributed by atoms with van der Waals surface area (Å²) in [5.41, 5.74) is 2.28. The van der Waals surface area contributed by atoms with Gasteiger partial charge in [-0.2, -0.15) is 0 Å². The number of unbranched alkanes of at least 4 members (excludes halogenated alkanes) is 2. The van der Waals surface area contributed by atoms with Gasteiger partial charge in [0.2, 0.25) is 5.91 Å². The summed E-state index contributed by atoms with van der Waals surface area (Å²) >= 11 is 0. The largest absolute Gasteiger partial charge is 0.466 e. The van der Waals surface area contributed by atoms with Crippen molar-refractivity contribution in [1.29, 1.82) is 0 Å². The molecular formula is C22H33NO3. The zero-order chi connectivity index (χ0) is 19.4. The van der Waals surface area contributed by atoms with Crippen LogP contribution in [0.4, 0.5) is 0 Å². The number of nitrogens with zero attached hydrogens (tertiary/aromatic N) is 1. The lowest BCUT2D eigenvalue weighted by Crippen LogP contribution is -2.33. The van der Waals surface area contributed by atoms with Crippen LogP contribution in [-0.2, 0) is 14.3 Å². The van der Waals surface area contributed by atoms with Crippen LogP contribution in [0.1, 0.15) is 70.4 Å². The number of carbonyl (C=O) groups excluding carboxylic acids is 2. The highest BCUT2D eigenvalue weighted by Crippen LogP contribution is 2.15. The van der Waals surface area contributed by atoms with Crippen molar-refractivity contribution in [3.63, 3.8) is 0 Å². The normalized spacial score (nSPS) is 11.1. The van der Waals surface area contributed by atoms with Crippen molar-refractivity contribution in [2.24, 2.45) is 0 Å². The number of hydrogen-bond donors (Lipinski definition) is 0. The van der Waals surface area contributed by atoms with E-state index in [-0.39, 0.29) is 18.3 Å². The van der Waals surface area contributed by atoms with E-state index in [1.54, 1.807) is 17.9 Å². The molecule has 0 saturated carbocycles. The summed E-state index contributed by atoms with van der Waals surface area (Å²) in [6.45, 7) is 9.68. The maximum Gasteiger partial charge on any atom is 0.307 e.